The lowest BCUT2D eigenvalue weighted by molar-refractivity contribution is 0.467. The Balaban J connectivity index is 1.68. The van der Waals surface area contributed by atoms with Gasteiger partial charge in [-0.15, -0.1) is 0 Å². The minimum absolute atomic E-state index is 0.366. The van der Waals surface area contributed by atoms with Gasteiger partial charge in [0.1, 0.15) is 22.8 Å². The second-order valence-corrected chi connectivity index (χ2v) is 6.45. The van der Waals surface area contributed by atoms with Gasteiger partial charge in [-0.1, -0.05) is 66.4 Å². The number of hydrogen-bond acceptors (Lipinski definition) is 5. The number of aromatic nitrogens is 2. The van der Waals surface area contributed by atoms with Crippen LogP contribution in [0.2, 0.25) is 0 Å². The van der Waals surface area contributed by atoms with Crippen molar-refractivity contribution in [3.8, 4) is 11.6 Å². The summed E-state index contributed by atoms with van der Waals surface area (Å²) in [6.07, 6.45) is 1.47. The van der Waals surface area contributed by atoms with Gasteiger partial charge in [-0.2, -0.15) is 4.98 Å². The first kappa shape index (κ1) is 15.5. The molecule has 0 atom stereocenters. The number of nitrogens with two attached hydrogens (primary N) is 1. The average Bonchev–Trinajstić information content (AvgIpc) is 2.66. The van der Waals surface area contributed by atoms with Gasteiger partial charge < -0.3 is 10.5 Å². The first-order valence-electron chi connectivity index (χ1n) is 7.80. The molecule has 0 spiro atoms. The number of nitrogens with zero attached hydrogens (tertiary/aromatic N) is 2. The van der Waals surface area contributed by atoms with Crippen molar-refractivity contribution in [2.24, 2.45) is 0 Å². The van der Waals surface area contributed by atoms with E-state index in [0.717, 1.165) is 21.4 Å². The molecular formula is C20H15N3OS. The molecule has 0 bridgehead atoms. The van der Waals surface area contributed by atoms with Crippen molar-refractivity contribution in [1.29, 1.82) is 0 Å². The van der Waals surface area contributed by atoms with Crippen molar-refractivity contribution in [2.75, 3.05) is 5.73 Å². The molecule has 0 aliphatic rings. The molecule has 4 aromatic rings. The van der Waals surface area contributed by atoms with E-state index in [1.807, 2.05) is 72.8 Å². The van der Waals surface area contributed by atoms with E-state index >= 15 is 0 Å². The smallest absolute Gasteiger partial charge is 0.247 e. The predicted octanol–water partition coefficient (Wildman–Crippen LogP) is 5.16. The molecule has 2 N–H and O–H groups in total. The summed E-state index contributed by atoms with van der Waals surface area (Å²) in [7, 11) is 0. The largest absolute Gasteiger partial charge is 0.436 e. The maximum absolute atomic E-state index is 6.25. The molecule has 0 fully saturated rings. The van der Waals surface area contributed by atoms with Gasteiger partial charge in [0.2, 0.25) is 5.88 Å². The van der Waals surface area contributed by atoms with Crippen molar-refractivity contribution in [3.63, 3.8) is 0 Å². The second kappa shape index (κ2) is 6.83. The van der Waals surface area contributed by atoms with Crippen LogP contribution in [-0.2, 0) is 0 Å². The number of rotatable bonds is 4. The number of fused-ring (bicyclic) bond motifs is 1. The van der Waals surface area contributed by atoms with E-state index in [0.29, 0.717) is 16.6 Å². The number of anilines is 1. The van der Waals surface area contributed by atoms with Crippen LogP contribution in [0.4, 0.5) is 5.69 Å². The highest BCUT2D eigenvalue weighted by Crippen LogP contribution is 2.37. The molecule has 122 valence electrons. The minimum atomic E-state index is 0.366. The van der Waals surface area contributed by atoms with E-state index in [9.17, 15) is 0 Å². The van der Waals surface area contributed by atoms with Crippen LogP contribution in [0.25, 0.3) is 10.8 Å². The Bertz CT molecular complexity index is 1020. The normalized spacial score (nSPS) is 10.7. The summed E-state index contributed by atoms with van der Waals surface area (Å²) < 4.78 is 6.01. The van der Waals surface area contributed by atoms with Crippen LogP contribution in [-0.4, -0.2) is 9.97 Å². The van der Waals surface area contributed by atoms with Crippen LogP contribution in [0.3, 0.4) is 0 Å². The number of hydrogen-bond donors (Lipinski definition) is 1. The van der Waals surface area contributed by atoms with Gasteiger partial charge in [0.15, 0.2) is 0 Å². The molecule has 5 heteroatoms. The highest BCUT2D eigenvalue weighted by Gasteiger charge is 2.13. The lowest BCUT2D eigenvalue weighted by Crippen LogP contribution is -1.99. The van der Waals surface area contributed by atoms with Crippen LogP contribution in [0.1, 0.15) is 0 Å². The van der Waals surface area contributed by atoms with Crippen molar-refractivity contribution >= 4 is 28.2 Å². The van der Waals surface area contributed by atoms with Crippen molar-refractivity contribution in [3.05, 3.63) is 79.1 Å². The van der Waals surface area contributed by atoms with Crippen LogP contribution in [0, 0.1) is 0 Å². The summed E-state index contributed by atoms with van der Waals surface area (Å²) in [4.78, 5) is 9.56. The second-order valence-electron chi connectivity index (χ2n) is 5.39. The molecule has 0 saturated carbocycles. The fraction of sp³-hybridized carbons (Fsp3) is 0. The molecule has 0 aliphatic heterocycles. The number of ether oxygens (including phenoxy) is 1. The minimum Gasteiger partial charge on any atom is -0.436 e. The maximum Gasteiger partial charge on any atom is 0.247 e. The van der Waals surface area contributed by atoms with Gasteiger partial charge in [0, 0.05) is 10.3 Å². The zero-order valence-electron chi connectivity index (χ0n) is 13.3. The lowest BCUT2D eigenvalue weighted by Gasteiger charge is -2.11. The molecule has 0 unspecified atom stereocenters. The van der Waals surface area contributed by atoms with Gasteiger partial charge >= 0.3 is 0 Å². The van der Waals surface area contributed by atoms with Crippen molar-refractivity contribution in [2.45, 2.75) is 9.92 Å². The van der Waals surface area contributed by atoms with Gasteiger partial charge in [-0.3, -0.25) is 0 Å². The first-order valence-corrected chi connectivity index (χ1v) is 8.62. The van der Waals surface area contributed by atoms with E-state index in [4.69, 9.17) is 10.5 Å². The van der Waals surface area contributed by atoms with Gasteiger partial charge in [0.05, 0.1) is 0 Å². The highest BCUT2D eigenvalue weighted by atomic mass is 32.2. The first-order chi connectivity index (χ1) is 12.3. The van der Waals surface area contributed by atoms with E-state index < -0.39 is 0 Å². The predicted molar refractivity (Wildman–Crippen MR) is 101 cm³/mol. The quantitative estimate of drug-likeness (QED) is 0.518. The molecule has 4 nitrogen and oxygen atoms in total. The summed E-state index contributed by atoms with van der Waals surface area (Å²) in [5.74, 6) is 1.09. The van der Waals surface area contributed by atoms with Gasteiger partial charge in [0.25, 0.3) is 0 Å². The molecule has 1 heterocycles. The summed E-state index contributed by atoms with van der Waals surface area (Å²) in [5, 5.41) is 2.79. The summed E-state index contributed by atoms with van der Waals surface area (Å²) in [6.45, 7) is 0. The summed E-state index contributed by atoms with van der Waals surface area (Å²) >= 11 is 1.49. The molecular weight excluding hydrogens is 330 g/mol. The molecule has 0 radical (unpaired) electrons. The molecule has 25 heavy (non-hydrogen) atoms. The third-order valence-corrected chi connectivity index (χ3v) is 4.75. The van der Waals surface area contributed by atoms with E-state index in [2.05, 4.69) is 9.97 Å². The number of benzene rings is 3. The van der Waals surface area contributed by atoms with Crippen LogP contribution >= 0.6 is 11.8 Å². The van der Waals surface area contributed by atoms with E-state index in [-0.39, 0.29) is 0 Å². The Hall–Kier alpha value is -3.05. The molecule has 0 saturated heterocycles. The zero-order valence-corrected chi connectivity index (χ0v) is 14.1. The van der Waals surface area contributed by atoms with Gasteiger partial charge in [-0.25, -0.2) is 4.98 Å². The average molecular weight is 345 g/mol. The zero-order chi connectivity index (χ0) is 17.1. The lowest BCUT2D eigenvalue weighted by atomic mass is 10.1. The summed E-state index contributed by atoms with van der Waals surface area (Å²) in [5.41, 5.74) is 6.69. The van der Waals surface area contributed by atoms with Gasteiger partial charge in [-0.05, 0) is 23.6 Å². The highest BCUT2D eigenvalue weighted by molar-refractivity contribution is 7.99. The third-order valence-electron chi connectivity index (χ3n) is 3.72. The van der Waals surface area contributed by atoms with Crippen LogP contribution in [0.5, 0.6) is 11.6 Å². The molecule has 1 aromatic heterocycles. The maximum atomic E-state index is 6.25. The Morgan fingerprint density at radius 1 is 0.800 bits per heavy atom. The Morgan fingerprint density at radius 2 is 1.56 bits per heavy atom. The third kappa shape index (κ3) is 3.27. The molecule has 4 rings (SSSR count). The van der Waals surface area contributed by atoms with E-state index in [1.165, 1.54) is 18.1 Å². The van der Waals surface area contributed by atoms with Crippen LogP contribution in [0.15, 0.2) is 89.0 Å². The Morgan fingerprint density at radius 3 is 2.44 bits per heavy atom. The molecule has 3 aromatic carbocycles. The monoisotopic (exact) mass is 345 g/mol. The van der Waals surface area contributed by atoms with E-state index in [1.54, 1.807) is 0 Å². The molecule has 0 aliphatic carbocycles. The topological polar surface area (TPSA) is 61.0 Å². The molecule has 0 amide bonds. The Kier molecular flexibility index (Phi) is 4.23. The fourth-order valence-corrected chi connectivity index (χ4v) is 3.33. The SMILES string of the molecule is Nc1c(Oc2cccc3ccccc23)ncnc1Sc1ccccc1. The fourth-order valence-electron chi connectivity index (χ4n) is 2.52. The number of nitrogen functional groups attached to an aromatic ring is 1. The van der Waals surface area contributed by atoms with Crippen molar-refractivity contribution < 1.29 is 4.74 Å². The van der Waals surface area contributed by atoms with Crippen LogP contribution < -0.4 is 10.5 Å². The Labute approximate surface area is 149 Å². The standard InChI is InChI=1S/C20H15N3OS/c21-18-19(22-13-23-20(18)25-15-9-2-1-3-10-15)24-17-12-6-8-14-7-4-5-11-16(14)17/h1-13H,21H2. The summed E-state index contributed by atoms with van der Waals surface area (Å²) in [6, 6.07) is 23.9. The van der Waals surface area contributed by atoms with Crippen molar-refractivity contribution in [1.82, 2.24) is 9.97 Å².